The molecule has 0 saturated heterocycles. The van der Waals surface area contributed by atoms with Gasteiger partial charge in [0, 0.05) is 0 Å². The molecule has 0 bridgehead atoms. The van der Waals surface area contributed by atoms with Crippen molar-refractivity contribution in [3.05, 3.63) is 23.8 Å². The van der Waals surface area contributed by atoms with E-state index in [1.807, 2.05) is 26.8 Å². The molecule has 2 N–H and O–H groups in total. The van der Waals surface area contributed by atoms with Gasteiger partial charge in [0.05, 0.1) is 11.7 Å². The molecule has 3 aliphatic rings. The minimum absolute atomic E-state index is 0.184. The highest BCUT2D eigenvalue weighted by atomic mass is 16.3. The largest absolute Gasteiger partial charge is 0.390 e. The van der Waals surface area contributed by atoms with Gasteiger partial charge in [0.2, 0.25) is 0 Å². The van der Waals surface area contributed by atoms with Crippen LogP contribution in [-0.2, 0) is 0 Å². The molecule has 0 aliphatic heterocycles. The van der Waals surface area contributed by atoms with E-state index in [4.69, 9.17) is 0 Å². The third kappa shape index (κ3) is 2.49. The summed E-state index contributed by atoms with van der Waals surface area (Å²) < 4.78 is 0. The Morgan fingerprint density at radius 1 is 1.32 bits per heavy atom. The highest BCUT2D eigenvalue weighted by Gasteiger charge is 2.69. The van der Waals surface area contributed by atoms with Gasteiger partial charge < -0.3 is 10.2 Å². The minimum atomic E-state index is -0.555. The second kappa shape index (κ2) is 5.21. The Kier molecular flexibility index (Phi) is 3.85. The van der Waals surface area contributed by atoms with Crippen LogP contribution in [0.4, 0.5) is 0 Å². The smallest absolute Gasteiger partial charge is 0.0728 e. The van der Waals surface area contributed by atoms with Crippen molar-refractivity contribution < 1.29 is 10.2 Å². The maximum absolute atomic E-state index is 10.9. The van der Waals surface area contributed by atoms with E-state index >= 15 is 0 Å². The maximum atomic E-state index is 10.9. The van der Waals surface area contributed by atoms with Gasteiger partial charge in [-0.2, -0.15) is 0 Å². The summed E-state index contributed by atoms with van der Waals surface area (Å²) in [6, 6.07) is 0. The normalized spacial score (nSPS) is 48.2. The lowest BCUT2D eigenvalue weighted by atomic mass is 9.76. The quantitative estimate of drug-likeness (QED) is 0.771. The van der Waals surface area contributed by atoms with E-state index in [-0.39, 0.29) is 11.5 Å². The first kappa shape index (κ1) is 16.3. The van der Waals surface area contributed by atoms with Crippen LogP contribution in [0, 0.1) is 29.1 Å². The zero-order valence-electron chi connectivity index (χ0n) is 14.6. The van der Waals surface area contributed by atoms with Crippen molar-refractivity contribution >= 4 is 0 Å². The molecule has 2 heteroatoms. The Morgan fingerprint density at radius 2 is 2.00 bits per heavy atom. The van der Waals surface area contributed by atoms with E-state index in [1.165, 1.54) is 17.6 Å². The summed E-state index contributed by atoms with van der Waals surface area (Å²) in [5.41, 5.74) is 2.17. The monoisotopic (exact) mass is 304 g/mol. The van der Waals surface area contributed by atoms with E-state index in [9.17, 15) is 10.2 Å². The molecule has 124 valence electrons. The summed E-state index contributed by atoms with van der Waals surface area (Å²) in [6.45, 7) is 12.8. The number of aliphatic hydroxyl groups excluding tert-OH is 1. The fourth-order valence-electron chi connectivity index (χ4n) is 5.90. The zero-order chi connectivity index (χ0) is 16.3. The third-order valence-corrected chi connectivity index (χ3v) is 6.91. The van der Waals surface area contributed by atoms with Gasteiger partial charge in [-0.15, -0.1) is 0 Å². The lowest BCUT2D eigenvalue weighted by Gasteiger charge is -2.32. The summed E-state index contributed by atoms with van der Waals surface area (Å²) in [6.07, 6.45) is 6.74. The first-order chi connectivity index (χ1) is 10.2. The topological polar surface area (TPSA) is 40.5 Å². The number of aliphatic hydroxyl groups is 2. The Bertz CT molecular complexity index is 500. The predicted molar refractivity (Wildman–Crippen MR) is 90.4 cm³/mol. The van der Waals surface area contributed by atoms with Crippen LogP contribution in [0.2, 0.25) is 0 Å². The van der Waals surface area contributed by atoms with Crippen LogP contribution in [0.3, 0.4) is 0 Å². The van der Waals surface area contributed by atoms with Gasteiger partial charge >= 0.3 is 0 Å². The molecule has 0 heterocycles. The van der Waals surface area contributed by atoms with Gasteiger partial charge in [-0.3, -0.25) is 0 Å². The average Bonchev–Trinajstić information content (AvgIpc) is 2.84. The SMILES string of the molecule is C=C1CCC2C(C3C1CCC3(C)O)C2(C)CC(O)C=C(C)C. The van der Waals surface area contributed by atoms with Crippen LogP contribution in [0.1, 0.15) is 59.8 Å². The van der Waals surface area contributed by atoms with Crippen molar-refractivity contribution in [2.45, 2.75) is 71.5 Å². The minimum Gasteiger partial charge on any atom is -0.390 e. The summed E-state index contributed by atoms with van der Waals surface area (Å²) in [4.78, 5) is 0. The van der Waals surface area contributed by atoms with E-state index < -0.39 is 5.60 Å². The van der Waals surface area contributed by atoms with E-state index in [2.05, 4.69) is 13.5 Å². The molecule has 0 amide bonds. The molecule has 7 unspecified atom stereocenters. The van der Waals surface area contributed by atoms with E-state index in [1.54, 1.807) is 0 Å². The molecule has 3 fully saturated rings. The second-order valence-electron chi connectivity index (χ2n) is 8.88. The molecule has 0 radical (unpaired) electrons. The molecular weight excluding hydrogens is 272 g/mol. The molecule has 3 saturated carbocycles. The van der Waals surface area contributed by atoms with Gasteiger partial charge in [0.25, 0.3) is 0 Å². The van der Waals surface area contributed by atoms with Crippen LogP contribution in [0.25, 0.3) is 0 Å². The Balaban J connectivity index is 1.83. The van der Waals surface area contributed by atoms with Crippen LogP contribution in [-0.4, -0.2) is 21.9 Å². The summed E-state index contributed by atoms with van der Waals surface area (Å²) >= 11 is 0. The molecule has 0 aromatic heterocycles. The number of hydrogen-bond acceptors (Lipinski definition) is 2. The van der Waals surface area contributed by atoms with Crippen molar-refractivity contribution in [2.75, 3.05) is 0 Å². The lowest BCUT2D eigenvalue weighted by molar-refractivity contribution is -0.00373. The van der Waals surface area contributed by atoms with Crippen LogP contribution < -0.4 is 0 Å². The molecule has 22 heavy (non-hydrogen) atoms. The van der Waals surface area contributed by atoms with Crippen molar-refractivity contribution in [3.8, 4) is 0 Å². The predicted octanol–water partition coefficient (Wildman–Crippen LogP) is 4.08. The molecule has 3 aliphatic carbocycles. The highest BCUT2D eigenvalue weighted by molar-refractivity contribution is 5.24. The molecule has 0 spiro atoms. The third-order valence-electron chi connectivity index (χ3n) is 6.91. The van der Waals surface area contributed by atoms with Gasteiger partial charge in [0.15, 0.2) is 0 Å². The van der Waals surface area contributed by atoms with E-state index in [0.717, 1.165) is 25.7 Å². The first-order valence-corrected chi connectivity index (χ1v) is 8.90. The molecule has 0 aromatic carbocycles. The van der Waals surface area contributed by atoms with Gasteiger partial charge in [0.1, 0.15) is 0 Å². The van der Waals surface area contributed by atoms with Gasteiger partial charge in [-0.25, -0.2) is 0 Å². The molecule has 3 rings (SSSR count). The Morgan fingerprint density at radius 3 is 2.64 bits per heavy atom. The van der Waals surface area contributed by atoms with Crippen molar-refractivity contribution in [1.29, 1.82) is 0 Å². The van der Waals surface area contributed by atoms with Crippen LogP contribution in [0.5, 0.6) is 0 Å². The molecule has 7 atom stereocenters. The summed E-state index contributed by atoms with van der Waals surface area (Å²) in [5.74, 6) is 2.03. The second-order valence-corrected chi connectivity index (χ2v) is 8.88. The number of fused-ring (bicyclic) bond motifs is 3. The average molecular weight is 304 g/mol. The maximum Gasteiger partial charge on any atom is 0.0728 e. The Labute approximate surface area is 135 Å². The molecule has 2 nitrogen and oxygen atoms in total. The Hall–Kier alpha value is -0.600. The number of hydrogen-bond donors (Lipinski definition) is 2. The van der Waals surface area contributed by atoms with Crippen molar-refractivity contribution in [1.82, 2.24) is 0 Å². The molecule has 0 aromatic rings. The fourth-order valence-corrected chi connectivity index (χ4v) is 5.90. The number of rotatable bonds is 3. The van der Waals surface area contributed by atoms with Gasteiger partial charge in [-0.05, 0) is 82.0 Å². The lowest BCUT2D eigenvalue weighted by Crippen LogP contribution is -2.35. The fraction of sp³-hybridized carbons (Fsp3) is 0.800. The van der Waals surface area contributed by atoms with Gasteiger partial charge in [-0.1, -0.05) is 30.7 Å². The van der Waals surface area contributed by atoms with E-state index in [0.29, 0.717) is 23.7 Å². The zero-order valence-corrected chi connectivity index (χ0v) is 14.6. The first-order valence-electron chi connectivity index (χ1n) is 8.90. The van der Waals surface area contributed by atoms with Crippen LogP contribution in [0.15, 0.2) is 23.8 Å². The number of allylic oxidation sites excluding steroid dienone is 2. The van der Waals surface area contributed by atoms with Crippen molar-refractivity contribution in [3.63, 3.8) is 0 Å². The molecular formula is C20H32O2. The summed E-state index contributed by atoms with van der Waals surface area (Å²) in [7, 11) is 0. The highest BCUT2D eigenvalue weighted by Crippen LogP contribution is 2.73. The standard InChI is InChI=1S/C20H32O2/c1-12(2)10-14(21)11-19(4)16-7-6-13(3)15-8-9-20(5,22)17(15)18(16)19/h10,14-18,21-22H,3,6-9,11H2,1-2,4-5H3. The van der Waals surface area contributed by atoms with Crippen molar-refractivity contribution in [2.24, 2.45) is 29.1 Å². The van der Waals surface area contributed by atoms with Crippen LogP contribution >= 0.6 is 0 Å². The summed E-state index contributed by atoms with van der Waals surface area (Å²) in [5, 5.41) is 21.3.